The highest BCUT2D eigenvalue weighted by molar-refractivity contribution is 7.80. The van der Waals surface area contributed by atoms with Crippen LogP contribution in [0.25, 0.3) is 0 Å². The van der Waals surface area contributed by atoms with Crippen LogP contribution in [0.15, 0.2) is 24.3 Å². The molecule has 0 radical (unpaired) electrons. The first-order chi connectivity index (χ1) is 5.63. The molecule has 0 aromatic heterocycles. The molecule has 0 aliphatic rings. The van der Waals surface area contributed by atoms with Crippen molar-refractivity contribution in [2.75, 3.05) is 10.7 Å². The molecule has 0 bridgehead atoms. The number of nitrogens with two attached hydrogens (primary N) is 2. The lowest BCUT2D eigenvalue weighted by atomic mass is 10.2. The topological polar surface area (TPSA) is 55.3 Å². The highest BCUT2D eigenvalue weighted by Crippen LogP contribution is 2.19. The molecule has 0 heterocycles. The molecule has 4 N–H and O–H groups in total. The molecule has 12 heavy (non-hydrogen) atoms. The Bertz CT molecular complexity index is 298. The Morgan fingerprint density at radius 3 is 2.50 bits per heavy atom. The molecule has 0 unspecified atom stereocenters. The van der Waals surface area contributed by atoms with Crippen LogP contribution in [0, 0.1) is 0 Å². The number of rotatable bonds is 1. The number of anilines is 2. The lowest BCUT2D eigenvalue weighted by molar-refractivity contribution is 1.14. The summed E-state index contributed by atoms with van der Waals surface area (Å²) < 4.78 is 0. The van der Waals surface area contributed by atoms with E-state index in [1.165, 1.54) is 5.01 Å². The zero-order valence-corrected chi connectivity index (χ0v) is 7.64. The summed E-state index contributed by atoms with van der Waals surface area (Å²) >= 11 is 4.91. The van der Waals surface area contributed by atoms with Gasteiger partial charge in [0.2, 0.25) is 0 Å². The lowest BCUT2D eigenvalue weighted by Crippen LogP contribution is -2.34. The first-order valence-electron chi connectivity index (χ1n) is 3.53. The van der Waals surface area contributed by atoms with Crippen LogP contribution >= 0.6 is 12.2 Å². The average Bonchev–Trinajstić information content (AvgIpc) is 2.04. The predicted octanol–water partition coefficient (Wildman–Crippen LogP) is 1.30. The van der Waals surface area contributed by atoms with E-state index in [1.807, 2.05) is 18.2 Å². The third-order valence-electron chi connectivity index (χ3n) is 1.54. The molecule has 0 fully saturated rings. The van der Waals surface area contributed by atoms with Gasteiger partial charge < -0.3 is 5.73 Å². The Morgan fingerprint density at radius 2 is 2.00 bits per heavy atom. The minimum absolute atomic E-state index is 0.591. The molecule has 0 amide bonds. The van der Waals surface area contributed by atoms with E-state index in [0.717, 1.165) is 5.69 Å². The maximum absolute atomic E-state index is 5.68. The number of hydrogen-bond donors (Lipinski definition) is 2. The Morgan fingerprint density at radius 1 is 1.42 bits per heavy atom. The van der Waals surface area contributed by atoms with Crippen LogP contribution in [-0.4, -0.2) is 4.99 Å². The van der Waals surface area contributed by atoms with Gasteiger partial charge in [-0.1, -0.05) is 24.4 Å². The first kappa shape index (κ1) is 8.96. The Kier molecular flexibility index (Phi) is 2.62. The van der Waals surface area contributed by atoms with Gasteiger partial charge in [0.15, 0.2) is 0 Å². The third-order valence-corrected chi connectivity index (χ3v) is 1.73. The molecule has 0 aliphatic carbocycles. The number of nitrogen functional groups attached to an aromatic ring is 1. The minimum Gasteiger partial charge on any atom is -0.397 e. The third kappa shape index (κ3) is 1.72. The second kappa shape index (κ2) is 3.51. The van der Waals surface area contributed by atoms with Crippen LogP contribution in [0.2, 0.25) is 0 Å². The molecular formula is C8H11N3S. The normalized spacial score (nSPS) is 9.50. The number of para-hydroxylation sites is 2. The van der Waals surface area contributed by atoms with Crippen LogP contribution in [0.1, 0.15) is 6.92 Å². The van der Waals surface area contributed by atoms with E-state index in [1.54, 1.807) is 13.0 Å². The van der Waals surface area contributed by atoms with E-state index in [4.69, 9.17) is 23.8 Å². The van der Waals surface area contributed by atoms with Crippen molar-refractivity contribution in [1.29, 1.82) is 0 Å². The largest absolute Gasteiger partial charge is 0.397 e. The lowest BCUT2D eigenvalue weighted by Gasteiger charge is -2.18. The van der Waals surface area contributed by atoms with Crippen LogP contribution in [0.3, 0.4) is 0 Å². The Hall–Kier alpha value is -1.13. The number of hydrazine groups is 1. The summed E-state index contributed by atoms with van der Waals surface area (Å²) in [5.41, 5.74) is 7.05. The molecule has 1 aromatic carbocycles. The highest BCUT2D eigenvalue weighted by Gasteiger charge is 2.05. The number of benzene rings is 1. The van der Waals surface area contributed by atoms with Gasteiger partial charge in [-0.25, -0.2) is 5.84 Å². The quantitative estimate of drug-likeness (QED) is 0.297. The zero-order valence-electron chi connectivity index (χ0n) is 6.82. The van der Waals surface area contributed by atoms with E-state index < -0.39 is 0 Å². The minimum atomic E-state index is 0.591. The van der Waals surface area contributed by atoms with Crippen molar-refractivity contribution < 1.29 is 0 Å². The van der Waals surface area contributed by atoms with Crippen molar-refractivity contribution in [2.24, 2.45) is 5.84 Å². The van der Waals surface area contributed by atoms with Gasteiger partial charge in [0.05, 0.1) is 16.4 Å². The fourth-order valence-corrected chi connectivity index (χ4v) is 0.975. The number of nitrogens with zero attached hydrogens (tertiary/aromatic N) is 1. The SMILES string of the molecule is CC(=S)N(N)c1ccccc1N. The summed E-state index contributed by atoms with van der Waals surface area (Å²) in [4.78, 5) is 0.591. The van der Waals surface area contributed by atoms with Crippen molar-refractivity contribution in [3.05, 3.63) is 24.3 Å². The molecule has 0 atom stereocenters. The van der Waals surface area contributed by atoms with Crippen molar-refractivity contribution in [3.8, 4) is 0 Å². The molecule has 0 saturated carbocycles. The fourth-order valence-electron chi connectivity index (χ4n) is 0.877. The van der Waals surface area contributed by atoms with Crippen LogP contribution in [0.5, 0.6) is 0 Å². The fraction of sp³-hybridized carbons (Fsp3) is 0.125. The molecule has 0 spiro atoms. The summed E-state index contributed by atoms with van der Waals surface area (Å²) in [6.45, 7) is 1.75. The number of hydrogen-bond acceptors (Lipinski definition) is 3. The van der Waals surface area contributed by atoms with Crippen LogP contribution < -0.4 is 16.6 Å². The summed E-state index contributed by atoms with van der Waals surface area (Å²) in [6.07, 6.45) is 0. The Balaban J connectivity index is 3.02. The van der Waals surface area contributed by atoms with Crippen LogP contribution in [-0.2, 0) is 0 Å². The first-order valence-corrected chi connectivity index (χ1v) is 3.93. The average molecular weight is 181 g/mol. The smallest absolute Gasteiger partial charge is 0.0945 e. The van der Waals surface area contributed by atoms with Gasteiger partial charge in [0.25, 0.3) is 0 Å². The maximum atomic E-state index is 5.68. The summed E-state index contributed by atoms with van der Waals surface area (Å²) in [5.74, 6) is 5.65. The maximum Gasteiger partial charge on any atom is 0.0945 e. The van der Waals surface area contributed by atoms with E-state index in [9.17, 15) is 0 Å². The molecule has 64 valence electrons. The summed E-state index contributed by atoms with van der Waals surface area (Å²) in [7, 11) is 0. The Labute approximate surface area is 76.9 Å². The molecule has 1 aromatic rings. The summed E-state index contributed by atoms with van der Waals surface area (Å²) in [5, 5.41) is 1.39. The van der Waals surface area contributed by atoms with Crippen molar-refractivity contribution in [2.45, 2.75) is 6.92 Å². The predicted molar refractivity (Wildman–Crippen MR) is 55.8 cm³/mol. The van der Waals surface area contributed by atoms with Crippen molar-refractivity contribution in [1.82, 2.24) is 0 Å². The summed E-state index contributed by atoms with van der Waals surface area (Å²) in [6, 6.07) is 7.33. The molecule has 0 saturated heterocycles. The van der Waals surface area contributed by atoms with E-state index in [2.05, 4.69) is 0 Å². The van der Waals surface area contributed by atoms with Gasteiger partial charge in [0.1, 0.15) is 0 Å². The molecule has 0 aliphatic heterocycles. The van der Waals surface area contributed by atoms with Gasteiger partial charge in [-0.2, -0.15) is 0 Å². The molecule has 1 rings (SSSR count). The van der Waals surface area contributed by atoms with E-state index in [-0.39, 0.29) is 0 Å². The standard InChI is InChI=1S/C8H11N3S/c1-6(12)11(10)8-5-3-2-4-7(8)9/h2-5H,9-10H2,1H3. The van der Waals surface area contributed by atoms with Gasteiger partial charge in [-0.3, -0.25) is 5.01 Å². The zero-order chi connectivity index (χ0) is 9.14. The van der Waals surface area contributed by atoms with Gasteiger partial charge in [-0.05, 0) is 19.1 Å². The van der Waals surface area contributed by atoms with E-state index in [0.29, 0.717) is 10.7 Å². The van der Waals surface area contributed by atoms with Crippen molar-refractivity contribution >= 4 is 28.6 Å². The second-order valence-corrected chi connectivity index (χ2v) is 3.04. The molecule has 4 heteroatoms. The number of thiocarbonyl (C=S) groups is 1. The highest BCUT2D eigenvalue weighted by atomic mass is 32.1. The van der Waals surface area contributed by atoms with Gasteiger partial charge >= 0.3 is 0 Å². The van der Waals surface area contributed by atoms with Gasteiger partial charge in [0, 0.05) is 0 Å². The van der Waals surface area contributed by atoms with E-state index >= 15 is 0 Å². The molecular weight excluding hydrogens is 170 g/mol. The monoisotopic (exact) mass is 181 g/mol. The molecule has 3 nitrogen and oxygen atoms in total. The van der Waals surface area contributed by atoms with Gasteiger partial charge in [-0.15, -0.1) is 0 Å². The second-order valence-electron chi connectivity index (χ2n) is 2.45. The van der Waals surface area contributed by atoms with Crippen LogP contribution in [0.4, 0.5) is 11.4 Å². The van der Waals surface area contributed by atoms with Crippen molar-refractivity contribution in [3.63, 3.8) is 0 Å².